The summed E-state index contributed by atoms with van der Waals surface area (Å²) in [6, 6.07) is 6.97. The van der Waals surface area contributed by atoms with Gasteiger partial charge in [-0.25, -0.2) is 4.79 Å². The number of hydrogen-bond acceptors (Lipinski definition) is 3. The first-order valence-corrected chi connectivity index (χ1v) is 5.86. The number of halogens is 1. The molecule has 0 saturated heterocycles. The van der Waals surface area contributed by atoms with E-state index in [-0.39, 0.29) is 5.97 Å². The Bertz CT molecular complexity index is 325. The van der Waals surface area contributed by atoms with E-state index in [9.17, 15) is 4.79 Å². The number of rotatable bonds is 5. The SMILES string of the molecule is CCOC(=O)c1cccc(OCCBr)c1. The van der Waals surface area contributed by atoms with Crippen molar-refractivity contribution in [1.82, 2.24) is 0 Å². The van der Waals surface area contributed by atoms with E-state index in [1.54, 1.807) is 25.1 Å². The predicted molar refractivity (Wildman–Crippen MR) is 61.7 cm³/mol. The molecule has 0 N–H and O–H groups in total. The third kappa shape index (κ3) is 3.91. The second-order valence-electron chi connectivity index (χ2n) is 2.79. The first kappa shape index (κ1) is 12.0. The highest BCUT2D eigenvalue weighted by atomic mass is 79.9. The van der Waals surface area contributed by atoms with E-state index < -0.39 is 0 Å². The fourth-order valence-electron chi connectivity index (χ4n) is 1.08. The monoisotopic (exact) mass is 272 g/mol. The van der Waals surface area contributed by atoms with Crippen molar-refractivity contribution in [3.8, 4) is 5.75 Å². The highest BCUT2D eigenvalue weighted by molar-refractivity contribution is 9.09. The number of carbonyl (C=O) groups excluding carboxylic acids is 1. The molecule has 0 aliphatic carbocycles. The van der Waals surface area contributed by atoms with Crippen LogP contribution in [-0.2, 0) is 4.74 Å². The molecular weight excluding hydrogens is 260 g/mol. The second kappa shape index (κ2) is 6.45. The van der Waals surface area contributed by atoms with Gasteiger partial charge in [-0.15, -0.1) is 0 Å². The highest BCUT2D eigenvalue weighted by Gasteiger charge is 2.06. The van der Waals surface area contributed by atoms with Crippen molar-refractivity contribution in [1.29, 1.82) is 0 Å². The van der Waals surface area contributed by atoms with Crippen LogP contribution < -0.4 is 4.74 Å². The van der Waals surface area contributed by atoms with Gasteiger partial charge in [0, 0.05) is 5.33 Å². The lowest BCUT2D eigenvalue weighted by Crippen LogP contribution is -2.05. The van der Waals surface area contributed by atoms with Crippen LogP contribution in [0.1, 0.15) is 17.3 Å². The van der Waals surface area contributed by atoms with Gasteiger partial charge in [0.2, 0.25) is 0 Å². The molecule has 0 radical (unpaired) electrons. The molecule has 3 nitrogen and oxygen atoms in total. The van der Waals surface area contributed by atoms with Crippen molar-refractivity contribution in [2.75, 3.05) is 18.5 Å². The summed E-state index contributed by atoms with van der Waals surface area (Å²) < 4.78 is 10.3. The third-order valence-electron chi connectivity index (χ3n) is 1.69. The van der Waals surface area contributed by atoms with Crippen molar-refractivity contribution in [2.45, 2.75) is 6.92 Å². The summed E-state index contributed by atoms with van der Waals surface area (Å²) in [6.07, 6.45) is 0. The third-order valence-corrected chi connectivity index (χ3v) is 2.01. The number of alkyl halides is 1. The van der Waals surface area contributed by atoms with Crippen LogP contribution in [0, 0.1) is 0 Å². The molecule has 0 saturated carbocycles. The number of hydrogen-bond donors (Lipinski definition) is 0. The van der Waals surface area contributed by atoms with Crippen LogP contribution in [0.25, 0.3) is 0 Å². The Morgan fingerprint density at radius 1 is 1.47 bits per heavy atom. The van der Waals surface area contributed by atoms with Crippen molar-refractivity contribution >= 4 is 21.9 Å². The second-order valence-corrected chi connectivity index (χ2v) is 3.58. The lowest BCUT2D eigenvalue weighted by atomic mass is 10.2. The van der Waals surface area contributed by atoms with Crippen LogP contribution in [-0.4, -0.2) is 24.5 Å². The molecule has 0 aromatic heterocycles. The number of ether oxygens (including phenoxy) is 2. The lowest BCUT2D eigenvalue weighted by Gasteiger charge is -2.06. The summed E-state index contributed by atoms with van der Waals surface area (Å²) in [4.78, 5) is 11.4. The van der Waals surface area contributed by atoms with Crippen LogP contribution in [0.15, 0.2) is 24.3 Å². The molecule has 82 valence electrons. The molecule has 15 heavy (non-hydrogen) atoms. The molecule has 0 heterocycles. The Morgan fingerprint density at radius 2 is 2.27 bits per heavy atom. The minimum atomic E-state index is -0.318. The van der Waals surface area contributed by atoms with Gasteiger partial charge in [0.05, 0.1) is 18.8 Å². The van der Waals surface area contributed by atoms with Crippen molar-refractivity contribution in [3.63, 3.8) is 0 Å². The Balaban J connectivity index is 2.69. The maximum atomic E-state index is 11.4. The van der Waals surface area contributed by atoms with Gasteiger partial charge in [-0.2, -0.15) is 0 Å². The molecule has 0 spiro atoms. The standard InChI is InChI=1S/C11H13BrO3/c1-2-14-11(13)9-4-3-5-10(8-9)15-7-6-12/h3-5,8H,2,6-7H2,1H3. The molecule has 0 atom stereocenters. The van der Waals surface area contributed by atoms with Crippen LogP contribution in [0.4, 0.5) is 0 Å². The predicted octanol–water partition coefficient (Wildman–Crippen LogP) is 2.64. The van der Waals surface area contributed by atoms with Gasteiger partial charge in [0.25, 0.3) is 0 Å². The van der Waals surface area contributed by atoms with Crippen molar-refractivity contribution < 1.29 is 14.3 Å². The van der Waals surface area contributed by atoms with Gasteiger partial charge in [0.1, 0.15) is 5.75 Å². The Hall–Kier alpha value is -1.03. The maximum Gasteiger partial charge on any atom is 0.338 e. The first-order chi connectivity index (χ1) is 7.27. The average Bonchev–Trinajstić information content (AvgIpc) is 2.27. The molecule has 0 aliphatic rings. The fraction of sp³-hybridized carbons (Fsp3) is 0.364. The first-order valence-electron chi connectivity index (χ1n) is 4.74. The van der Waals surface area contributed by atoms with Gasteiger partial charge in [0.15, 0.2) is 0 Å². The summed E-state index contributed by atoms with van der Waals surface area (Å²) in [7, 11) is 0. The number of benzene rings is 1. The minimum absolute atomic E-state index is 0.318. The molecule has 1 aromatic rings. The quantitative estimate of drug-likeness (QED) is 0.611. The van der Waals surface area contributed by atoms with Gasteiger partial charge < -0.3 is 9.47 Å². The summed E-state index contributed by atoms with van der Waals surface area (Å²) in [5.74, 6) is 0.363. The molecule has 0 unspecified atom stereocenters. The Morgan fingerprint density at radius 3 is 2.93 bits per heavy atom. The van der Waals surface area contributed by atoms with Crippen molar-refractivity contribution in [2.24, 2.45) is 0 Å². The fourth-order valence-corrected chi connectivity index (χ4v) is 1.25. The van der Waals surface area contributed by atoms with E-state index in [1.165, 1.54) is 0 Å². The van der Waals surface area contributed by atoms with E-state index >= 15 is 0 Å². The summed E-state index contributed by atoms with van der Waals surface area (Å²) >= 11 is 3.26. The Labute approximate surface area is 97.5 Å². The summed E-state index contributed by atoms with van der Waals surface area (Å²) in [5, 5.41) is 0.761. The molecule has 0 aliphatic heterocycles. The largest absolute Gasteiger partial charge is 0.493 e. The van der Waals surface area contributed by atoms with Crippen LogP contribution in [0.2, 0.25) is 0 Å². The average molecular weight is 273 g/mol. The Kier molecular flexibility index (Phi) is 5.18. The van der Waals surface area contributed by atoms with E-state index in [4.69, 9.17) is 9.47 Å². The molecular formula is C11H13BrO3. The van der Waals surface area contributed by atoms with E-state index in [0.29, 0.717) is 24.5 Å². The maximum absolute atomic E-state index is 11.4. The molecule has 0 bridgehead atoms. The van der Waals surface area contributed by atoms with Gasteiger partial charge in [-0.3, -0.25) is 0 Å². The smallest absolute Gasteiger partial charge is 0.338 e. The van der Waals surface area contributed by atoms with Crippen LogP contribution >= 0.6 is 15.9 Å². The lowest BCUT2D eigenvalue weighted by molar-refractivity contribution is 0.0526. The zero-order valence-corrected chi connectivity index (χ0v) is 10.1. The van der Waals surface area contributed by atoms with E-state index in [0.717, 1.165) is 5.33 Å². The minimum Gasteiger partial charge on any atom is -0.493 e. The normalized spacial score (nSPS) is 9.73. The molecule has 4 heteroatoms. The molecule has 1 rings (SSSR count). The summed E-state index contributed by atoms with van der Waals surface area (Å²) in [6.45, 7) is 2.74. The zero-order valence-electron chi connectivity index (χ0n) is 8.53. The van der Waals surface area contributed by atoms with E-state index in [1.807, 2.05) is 6.07 Å². The van der Waals surface area contributed by atoms with Crippen molar-refractivity contribution in [3.05, 3.63) is 29.8 Å². The summed E-state index contributed by atoms with van der Waals surface area (Å²) in [5.41, 5.74) is 0.518. The van der Waals surface area contributed by atoms with E-state index in [2.05, 4.69) is 15.9 Å². The molecule has 0 amide bonds. The zero-order chi connectivity index (χ0) is 11.1. The molecule has 1 aromatic carbocycles. The van der Waals surface area contributed by atoms with Crippen LogP contribution in [0.5, 0.6) is 5.75 Å². The van der Waals surface area contributed by atoms with Gasteiger partial charge in [-0.1, -0.05) is 22.0 Å². The van der Waals surface area contributed by atoms with Crippen LogP contribution in [0.3, 0.4) is 0 Å². The number of carbonyl (C=O) groups is 1. The molecule has 0 fully saturated rings. The number of esters is 1. The highest BCUT2D eigenvalue weighted by Crippen LogP contribution is 2.14. The topological polar surface area (TPSA) is 35.5 Å². The van der Waals surface area contributed by atoms with Gasteiger partial charge in [-0.05, 0) is 25.1 Å². The van der Waals surface area contributed by atoms with Gasteiger partial charge >= 0.3 is 5.97 Å².